The van der Waals surface area contributed by atoms with E-state index in [-0.39, 0.29) is 9.90 Å². The molecule has 0 saturated carbocycles. The summed E-state index contributed by atoms with van der Waals surface area (Å²) in [6, 6.07) is 10.1. The van der Waals surface area contributed by atoms with Crippen LogP contribution in [-0.4, -0.2) is 18.0 Å². The van der Waals surface area contributed by atoms with E-state index in [9.17, 15) is 13.2 Å². The van der Waals surface area contributed by atoms with Crippen molar-refractivity contribution in [3.63, 3.8) is 0 Å². The van der Waals surface area contributed by atoms with E-state index in [0.29, 0.717) is 17.1 Å². The molecule has 6 nitrogen and oxygen atoms in total. The molecule has 2 heterocycles. The zero-order chi connectivity index (χ0) is 16.6. The fraction of sp³-hybridized carbons (Fsp3) is 0.133. The van der Waals surface area contributed by atoms with Gasteiger partial charge in [-0.05, 0) is 38.1 Å². The van der Waals surface area contributed by atoms with Crippen LogP contribution in [0.25, 0.3) is 5.69 Å². The van der Waals surface area contributed by atoms with Crippen LogP contribution < -0.4 is 10.4 Å². The predicted molar refractivity (Wildman–Crippen MR) is 91.0 cm³/mol. The normalized spacial score (nSPS) is 11.6. The second-order valence-corrected chi connectivity index (χ2v) is 8.26. The minimum Gasteiger partial charge on any atom is -0.312 e. The molecule has 8 heteroatoms. The third-order valence-electron chi connectivity index (χ3n) is 3.33. The highest BCUT2D eigenvalue weighted by molar-refractivity contribution is 7.94. The molecule has 0 aliphatic carbocycles. The monoisotopic (exact) mass is 349 g/mol. The van der Waals surface area contributed by atoms with Gasteiger partial charge in [-0.1, -0.05) is 12.1 Å². The molecule has 0 unspecified atom stereocenters. The summed E-state index contributed by atoms with van der Waals surface area (Å²) in [5.74, 6) is 0. The van der Waals surface area contributed by atoms with Gasteiger partial charge in [0.2, 0.25) is 0 Å². The van der Waals surface area contributed by atoms with Crippen LogP contribution in [0.3, 0.4) is 0 Å². The van der Waals surface area contributed by atoms with E-state index >= 15 is 0 Å². The highest BCUT2D eigenvalue weighted by atomic mass is 32.2. The Bertz CT molecular complexity index is 1010. The number of aryl methyl sites for hydroxylation is 2. The molecule has 0 atom stereocenters. The molecule has 2 N–H and O–H groups in total. The van der Waals surface area contributed by atoms with E-state index in [2.05, 4.69) is 9.71 Å². The Morgan fingerprint density at radius 2 is 1.87 bits per heavy atom. The van der Waals surface area contributed by atoms with Gasteiger partial charge in [0.15, 0.2) is 0 Å². The number of aromatic nitrogens is 2. The van der Waals surface area contributed by atoms with E-state index in [1.54, 1.807) is 49.5 Å². The molecule has 0 saturated heterocycles. The van der Waals surface area contributed by atoms with Gasteiger partial charge in [0.25, 0.3) is 10.0 Å². The Labute approximate surface area is 137 Å². The van der Waals surface area contributed by atoms with Crippen LogP contribution in [0.4, 0.5) is 5.69 Å². The van der Waals surface area contributed by atoms with Crippen LogP contribution in [0, 0.1) is 13.8 Å². The lowest BCUT2D eigenvalue weighted by molar-refractivity contribution is 0.603. The van der Waals surface area contributed by atoms with Crippen LogP contribution in [-0.2, 0) is 10.0 Å². The highest BCUT2D eigenvalue weighted by Gasteiger charge is 2.19. The van der Waals surface area contributed by atoms with Crippen LogP contribution in [0.2, 0.25) is 0 Å². The molecule has 3 aromatic rings. The van der Waals surface area contributed by atoms with Gasteiger partial charge in [0.05, 0.1) is 11.4 Å². The second kappa shape index (κ2) is 5.71. The average Bonchev–Trinajstić information content (AvgIpc) is 3.07. The third-order valence-corrected chi connectivity index (χ3v) is 6.19. The van der Waals surface area contributed by atoms with Gasteiger partial charge in [-0.2, -0.15) is 0 Å². The Morgan fingerprint density at radius 3 is 2.48 bits per heavy atom. The van der Waals surface area contributed by atoms with Crippen LogP contribution >= 0.6 is 11.3 Å². The molecule has 1 aromatic carbocycles. The number of aromatic amines is 1. The Morgan fingerprint density at radius 1 is 1.13 bits per heavy atom. The highest BCUT2D eigenvalue weighted by Crippen LogP contribution is 2.26. The lowest BCUT2D eigenvalue weighted by atomic mass is 10.2. The van der Waals surface area contributed by atoms with E-state index in [4.69, 9.17) is 0 Å². The van der Waals surface area contributed by atoms with Crippen molar-refractivity contribution in [3.05, 3.63) is 63.7 Å². The number of benzene rings is 1. The molecular formula is C15H15N3O3S2. The van der Waals surface area contributed by atoms with Gasteiger partial charge in [-0.15, -0.1) is 11.3 Å². The summed E-state index contributed by atoms with van der Waals surface area (Å²) in [6.45, 7) is 3.62. The van der Waals surface area contributed by atoms with Crippen molar-refractivity contribution < 1.29 is 8.42 Å². The van der Waals surface area contributed by atoms with Gasteiger partial charge >= 0.3 is 5.69 Å². The number of nitrogens with zero attached hydrogens (tertiary/aromatic N) is 1. The minimum absolute atomic E-state index is 0.239. The molecule has 0 fully saturated rings. The smallest absolute Gasteiger partial charge is 0.312 e. The van der Waals surface area contributed by atoms with Crippen molar-refractivity contribution in [1.29, 1.82) is 0 Å². The molecule has 0 radical (unpaired) electrons. The number of H-pyrrole nitrogens is 1. The van der Waals surface area contributed by atoms with Crippen molar-refractivity contribution in [2.45, 2.75) is 18.1 Å². The van der Waals surface area contributed by atoms with Crippen LogP contribution in [0.15, 0.2) is 51.6 Å². The number of rotatable bonds is 4. The van der Waals surface area contributed by atoms with Gasteiger partial charge in [0.1, 0.15) is 4.21 Å². The third kappa shape index (κ3) is 2.95. The van der Waals surface area contributed by atoms with Crippen molar-refractivity contribution in [1.82, 2.24) is 9.55 Å². The fourth-order valence-electron chi connectivity index (χ4n) is 2.26. The molecule has 0 spiro atoms. The van der Waals surface area contributed by atoms with Gasteiger partial charge in [-0.25, -0.2) is 13.2 Å². The molecule has 0 aliphatic heterocycles. The number of thiophene rings is 1. The molecule has 2 aromatic heterocycles. The summed E-state index contributed by atoms with van der Waals surface area (Å²) in [6.07, 6.45) is 1.58. The molecule has 0 bridgehead atoms. The number of anilines is 1. The van der Waals surface area contributed by atoms with E-state index < -0.39 is 10.0 Å². The standard InChI is InChI=1S/C15H15N3O3S2/c1-10-9-16-15(19)18(10)13-6-4-3-5-12(13)17-23(20,21)14-8-7-11(2)22-14/h3-9,17H,1-2H3,(H,16,19). The second-order valence-electron chi connectivity index (χ2n) is 5.06. The summed E-state index contributed by atoms with van der Waals surface area (Å²) < 4.78 is 29.3. The molecular weight excluding hydrogens is 334 g/mol. The zero-order valence-corrected chi connectivity index (χ0v) is 14.2. The number of sulfonamides is 1. The number of hydrogen-bond acceptors (Lipinski definition) is 4. The molecule has 0 aliphatic rings. The van der Waals surface area contributed by atoms with Crippen molar-refractivity contribution in [2.24, 2.45) is 0 Å². The number of hydrogen-bond donors (Lipinski definition) is 2. The lowest BCUT2D eigenvalue weighted by Crippen LogP contribution is -2.19. The largest absolute Gasteiger partial charge is 0.330 e. The number of imidazole rings is 1. The van der Waals surface area contributed by atoms with Gasteiger partial charge < -0.3 is 4.98 Å². The van der Waals surface area contributed by atoms with E-state index in [1.165, 1.54) is 15.9 Å². The summed E-state index contributed by atoms with van der Waals surface area (Å²) in [7, 11) is -3.69. The maximum atomic E-state index is 12.5. The summed E-state index contributed by atoms with van der Waals surface area (Å²) >= 11 is 1.20. The molecule has 3 rings (SSSR count). The first-order valence-electron chi connectivity index (χ1n) is 6.84. The quantitative estimate of drug-likeness (QED) is 0.759. The number of para-hydroxylation sites is 2. The first-order chi connectivity index (χ1) is 10.9. The SMILES string of the molecule is Cc1ccc(S(=O)(=O)Nc2ccccc2-n2c(C)c[nH]c2=O)s1. The van der Waals surface area contributed by atoms with E-state index in [0.717, 1.165) is 4.88 Å². The Kier molecular flexibility index (Phi) is 3.87. The molecule has 23 heavy (non-hydrogen) atoms. The fourth-order valence-corrected chi connectivity index (χ4v) is 4.62. The molecule has 120 valence electrons. The first-order valence-corrected chi connectivity index (χ1v) is 9.14. The van der Waals surface area contributed by atoms with Gasteiger partial charge in [0, 0.05) is 16.8 Å². The van der Waals surface area contributed by atoms with Crippen molar-refractivity contribution in [3.8, 4) is 5.69 Å². The van der Waals surface area contributed by atoms with Crippen molar-refractivity contribution >= 4 is 27.0 Å². The minimum atomic E-state index is -3.69. The van der Waals surface area contributed by atoms with Crippen LogP contribution in [0.5, 0.6) is 0 Å². The van der Waals surface area contributed by atoms with E-state index in [1.807, 2.05) is 6.92 Å². The Balaban J connectivity index is 2.07. The number of nitrogens with one attached hydrogen (secondary N) is 2. The Hall–Kier alpha value is -2.32. The van der Waals surface area contributed by atoms with Crippen molar-refractivity contribution in [2.75, 3.05) is 4.72 Å². The topological polar surface area (TPSA) is 84.0 Å². The lowest BCUT2D eigenvalue weighted by Gasteiger charge is -2.13. The summed E-state index contributed by atoms with van der Waals surface area (Å²) in [4.78, 5) is 15.5. The maximum absolute atomic E-state index is 12.5. The maximum Gasteiger partial charge on any atom is 0.330 e. The van der Waals surface area contributed by atoms with Gasteiger partial charge in [-0.3, -0.25) is 9.29 Å². The first kappa shape index (κ1) is 15.6. The average molecular weight is 349 g/mol. The van der Waals surface area contributed by atoms with Crippen LogP contribution in [0.1, 0.15) is 10.6 Å². The summed E-state index contributed by atoms with van der Waals surface area (Å²) in [5, 5.41) is 0. The molecule has 0 amide bonds. The zero-order valence-electron chi connectivity index (χ0n) is 12.5. The predicted octanol–water partition coefficient (Wildman–Crippen LogP) is 2.64. The summed E-state index contributed by atoms with van der Waals surface area (Å²) in [5.41, 5.74) is 1.20.